The molecule has 0 spiro atoms. The van der Waals surface area contributed by atoms with Crippen molar-refractivity contribution in [1.29, 1.82) is 0 Å². The highest BCUT2D eigenvalue weighted by Gasteiger charge is 2.25. The fraction of sp³-hybridized carbons (Fsp3) is 0.333. The summed E-state index contributed by atoms with van der Waals surface area (Å²) in [4.78, 5) is 16.8. The molecule has 182 valence electrons. The summed E-state index contributed by atoms with van der Waals surface area (Å²) in [5.41, 5.74) is 9.06. The molecule has 6 heteroatoms. The van der Waals surface area contributed by atoms with Gasteiger partial charge in [0, 0.05) is 0 Å². The molecule has 4 atom stereocenters. The molecule has 7 rings (SSSR count). The second kappa shape index (κ2) is 8.57. The summed E-state index contributed by atoms with van der Waals surface area (Å²) >= 11 is 0. The molecular formula is C30H32N6. The number of fused-ring (bicyclic) bond motifs is 2. The van der Waals surface area contributed by atoms with Gasteiger partial charge < -0.3 is 20.6 Å². The van der Waals surface area contributed by atoms with E-state index in [1.165, 1.54) is 22.3 Å². The highest BCUT2D eigenvalue weighted by Crippen LogP contribution is 2.32. The third-order valence-electron chi connectivity index (χ3n) is 7.91. The maximum atomic E-state index is 4.84. The van der Waals surface area contributed by atoms with E-state index in [-0.39, 0.29) is 0 Å². The average Bonchev–Trinajstić information content (AvgIpc) is 3.68. The number of H-pyrrole nitrogens is 2. The first kappa shape index (κ1) is 21.8. The Kier molecular flexibility index (Phi) is 5.19. The number of hydrogen-bond acceptors (Lipinski definition) is 4. The zero-order valence-corrected chi connectivity index (χ0v) is 20.8. The highest BCUT2D eigenvalue weighted by molar-refractivity contribution is 5.84. The Morgan fingerprint density at radius 2 is 1.00 bits per heavy atom. The Bertz CT molecular complexity index is 1430. The minimum absolute atomic E-state index is 0.330. The molecule has 0 amide bonds. The largest absolute Gasteiger partial charge is 0.341 e. The molecule has 0 aliphatic carbocycles. The van der Waals surface area contributed by atoms with Crippen LogP contribution in [0.1, 0.15) is 50.4 Å². The first-order valence-electron chi connectivity index (χ1n) is 13.2. The predicted octanol–water partition coefficient (Wildman–Crippen LogP) is 6.11. The lowest BCUT2D eigenvalue weighted by atomic mass is 10.00. The van der Waals surface area contributed by atoms with E-state index in [9.17, 15) is 0 Å². The molecule has 2 fully saturated rings. The monoisotopic (exact) mass is 476 g/mol. The lowest BCUT2D eigenvalue weighted by Gasteiger charge is -2.06. The number of aromatic nitrogens is 4. The molecule has 6 nitrogen and oxygen atoms in total. The summed E-state index contributed by atoms with van der Waals surface area (Å²) in [6.45, 7) is 6.70. The van der Waals surface area contributed by atoms with Gasteiger partial charge in [0.2, 0.25) is 0 Å². The van der Waals surface area contributed by atoms with E-state index in [1.54, 1.807) is 0 Å². The van der Waals surface area contributed by atoms with Gasteiger partial charge in [-0.25, -0.2) is 9.97 Å². The summed E-state index contributed by atoms with van der Waals surface area (Å²) < 4.78 is 0. The van der Waals surface area contributed by atoms with Crippen molar-refractivity contribution in [1.82, 2.24) is 30.6 Å². The molecule has 5 aromatic rings. The van der Waals surface area contributed by atoms with Crippen LogP contribution in [0.5, 0.6) is 0 Å². The van der Waals surface area contributed by atoms with Crippen LogP contribution in [0.2, 0.25) is 0 Å². The predicted molar refractivity (Wildman–Crippen MR) is 146 cm³/mol. The third-order valence-corrected chi connectivity index (χ3v) is 7.91. The van der Waals surface area contributed by atoms with Crippen LogP contribution in [-0.4, -0.2) is 33.0 Å². The van der Waals surface area contributed by atoms with Gasteiger partial charge in [-0.3, -0.25) is 0 Å². The number of imidazole rings is 2. The molecule has 2 aromatic heterocycles. The lowest BCUT2D eigenvalue weighted by molar-refractivity contribution is 0.589. The molecular weight excluding hydrogens is 444 g/mol. The van der Waals surface area contributed by atoms with Crippen molar-refractivity contribution >= 4 is 22.1 Å². The smallest absolute Gasteiger partial charge is 0.124 e. The van der Waals surface area contributed by atoms with Gasteiger partial charge in [0.05, 0.1) is 34.2 Å². The van der Waals surface area contributed by atoms with Gasteiger partial charge in [-0.05, 0) is 84.3 Å². The summed E-state index contributed by atoms with van der Waals surface area (Å²) in [5, 5.41) is 7.15. The van der Waals surface area contributed by atoms with Crippen LogP contribution >= 0.6 is 0 Å². The molecule has 36 heavy (non-hydrogen) atoms. The SMILES string of the molecule is C[C@@H]1CN[C@H](c2nc3ccc(-c4ccc(-c5ccc6nc([C@@H]7C[C@H](C)CN7)[nH]c6c5)cc4)cc3[nH]2)C1. The fourth-order valence-electron chi connectivity index (χ4n) is 5.84. The second-order valence-electron chi connectivity index (χ2n) is 10.9. The summed E-state index contributed by atoms with van der Waals surface area (Å²) in [7, 11) is 0. The van der Waals surface area contributed by atoms with Gasteiger partial charge in [0.25, 0.3) is 0 Å². The maximum absolute atomic E-state index is 4.84. The third kappa shape index (κ3) is 3.91. The van der Waals surface area contributed by atoms with E-state index in [2.05, 4.69) is 95.1 Å². The molecule has 4 heterocycles. The van der Waals surface area contributed by atoms with Crippen molar-refractivity contribution in [2.24, 2.45) is 11.8 Å². The van der Waals surface area contributed by atoms with Crippen molar-refractivity contribution in [3.8, 4) is 22.3 Å². The van der Waals surface area contributed by atoms with Gasteiger partial charge in [0.1, 0.15) is 11.6 Å². The molecule has 3 aromatic carbocycles. The Morgan fingerprint density at radius 3 is 1.39 bits per heavy atom. The molecule has 4 N–H and O–H groups in total. The molecule has 2 saturated heterocycles. The summed E-state index contributed by atoms with van der Waals surface area (Å²) in [6.07, 6.45) is 2.27. The zero-order valence-electron chi connectivity index (χ0n) is 20.8. The number of nitrogens with zero attached hydrogens (tertiary/aromatic N) is 2. The van der Waals surface area contributed by atoms with Crippen LogP contribution in [0.3, 0.4) is 0 Å². The van der Waals surface area contributed by atoms with E-state index in [0.717, 1.165) is 59.6 Å². The van der Waals surface area contributed by atoms with Gasteiger partial charge in [-0.2, -0.15) is 0 Å². The van der Waals surface area contributed by atoms with Crippen LogP contribution in [0.4, 0.5) is 0 Å². The topological polar surface area (TPSA) is 81.4 Å². The Labute approximate surface area is 211 Å². The van der Waals surface area contributed by atoms with Crippen LogP contribution in [0.25, 0.3) is 44.3 Å². The van der Waals surface area contributed by atoms with Crippen LogP contribution < -0.4 is 10.6 Å². The van der Waals surface area contributed by atoms with Crippen molar-refractivity contribution in [2.75, 3.05) is 13.1 Å². The first-order valence-corrected chi connectivity index (χ1v) is 13.2. The lowest BCUT2D eigenvalue weighted by Crippen LogP contribution is -2.14. The minimum Gasteiger partial charge on any atom is -0.341 e. The van der Waals surface area contributed by atoms with Crippen LogP contribution in [0, 0.1) is 11.8 Å². The molecule has 2 aliphatic heterocycles. The Morgan fingerprint density at radius 1 is 0.583 bits per heavy atom. The van der Waals surface area contributed by atoms with Gasteiger partial charge >= 0.3 is 0 Å². The first-order chi connectivity index (χ1) is 17.6. The molecule has 0 bridgehead atoms. The number of nitrogens with one attached hydrogen (secondary N) is 4. The Balaban J connectivity index is 1.13. The van der Waals surface area contributed by atoms with Crippen LogP contribution in [-0.2, 0) is 0 Å². The van der Waals surface area contributed by atoms with Gasteiger partial charge in [-0.1, -0.05) is 50.2 Å². The molecule has 0 unspecified atom stereocenters. The maximum Gasteiger partial charge on any atom is 0.124 e. The second-order valence-corrected chi connectivity index (χ2v) is 10.9. The van der Waals surface area contributed by atoms with Crippen molar-refractivity contribution in [3.05, 3.63) is 72.3 Å². The molecule has 2 aliphatic rings. The normalized spacial score (nSPS) is 24.3. The van der Waals surface area contributed by atoms with Crippen molar-refractivity contribution < 1.29 is 0 Å². The number of benzene rings is 3. The number of aromatic amines is 2. The minimum atomic E-state index is 0.330. The van der Waals surface area contributed by atoms with Gasteiger partial charge in [-0.15, -0.1) is 0 Å². The molecule has 0 radical (unpaired) electrons. The number of rotatable bonds is 4. The van der Waals surface area contributed by atoms with Crippen molar-refractivity contribution in [3.63, 3.8) is 0 Å². The van der Waals surface area contributed by atoms with E-state index in [1.807, 2.05) is 0 Å². The van der Waals surface area contributed by atoms with Crippen LogP contribution in [0.15, 0.2) is 60.7 Å². The van der Waals surface area contributed by atoms with Gasteiger partial charge in [0.15, 0.2) is 0 Å². The summed E-state index contributed by atoms with van der Waals surface area (Å²) in [6, 6.07) is 22.5. The number of hydrogen-bond donors (Lipinski definition) is 4. The standard InChI is InChI=1S/C30H32N6/c1-17-11-27(31-15-17)29-33-23-9-7-21(13-25(23)35-29)19-3-5-20(6-4-19)22-8-10-24-26(14-22)36-30(34-24)28-12-18(2)16-32-28/h3-10,13-14,17-18,27-28,31-32H,11-12,15-16H2,1-2H3,(H,33,35)(H,34,36)/t17-,18-,27-,28-/m0/s1. The van der Waals surface area contributed by atoms with Crippen molar-refractivity contribution in [2.45, 2.75) is 38.8 Å². The van der Waals surface area contributed by atoms with E-state index < -0.39 is 0 Å². The molecule has 0 saturated carbocycles. The quantitative estimate of drug-likeness (QED) is 0.252. The zero-order chi connectivity index (χ0) is 24.2. The van der Waals surface area contributed by atoms with E-state index in [4.69, 9.17) is 9.97 Å². The summed E-state index contributed by atoms with van der Waals surface area (Å²) in [5.74, 6) is 3.50. The highest BCUT2D eigenvalue weighted by atomic mass is 15.1. The van der Waals surface area contributed by atoms with E-state index in [0.29, 0.717) is 23.9 Å². The Hall–Kier alpha value is -3.48. The average molecular weight is 477 g/mol. The van der Waals surface area contributed by atoms with E-state index >= 15 is 0 Å². The fourth-order valence-corrected chi connectivity index (χ4v) is 5.84.